The zero-order chi connectivity index (χ0) is 13.0. The number of rotatable bonds is 6. The quantitative estimate of drug-likeness (QED) is 0.769. The molecule has 1 aromatic heterocycles. The maximum absolute atomic E-state index is 11.4. The van der Waals surface area contributed by atoms with Crippen molar-refractivity contribution in [1.82, 2.24) is 9.55 Å². The van der Waals surface area contributed by atoms with Crippen molar-refractivity contribution in [1.29, 1.82) is 0 Å². The molecule has 18 heavy (non-hydrogen) atoms. The predicted octanol–water partition coefficient (Wildman–Crippen LogP) is 0.599. The molecule has 1 unspecified atom stereocenters. The fraction of sp³-hybridized carbons (Fsp3) is 0.750. The van der Waals surface area contributed by atoms with Crippen LogP contribution in [0.5, 0.6) is 0 Å². The molecule has 1 atom stereocenters. The van der Waals surface area contributed by atoms with E-state index >= 15 is 0 Å². The Morgan fingerprint density at radius 2 is 2.28 bits per heavy atom. The molecule has 2 N–H and O–H groups in total. The minimum Gasteiger partial charge on any atom is -0.335 e. The highest BCUT2D eigenvalue weighted by atomic mass is 32.2. The molecule has 102 valence electrons. The van der Waals surface area contributed by atoms with E-state index in [1.165, 1.54) is 0 Å². The van der Waals surface area contributed by atoms with Crippen LogP contribution in [0.1, 0.15) is 25.1 Å². The van der Waals surface area contributed by atoms with Gasteiger partial charge in [0.2, 0.25) is 0 Å². The molecule has 0 spiro atoms. The molecule has 1 fully saturated rings. The Bertz CT molecular complexity index is 481. The molecule has 5 nitrogen and oxygen atoms in total. The first kappa shape index (κ1) is 13.5. The Morgan fingerprint density at radius 1 is 1.44 bits per heavy atom. The summed E-state index contributed by atoms with van der Waals surface area (Å²) in [5, 5.41) is 0. The molecule has 0 aliphatic carbocycles. The van der Waals surface area contributed by atoms with Crippen LogP contribution in [0.2, 0.25) is 0 Å². The molecule has 1 aromatic rings. The Hall–Kier alpha value is -0.880. The van der Waals surface area contributed by atoms with Crippen LogP contribution < -0.4 is 5.73 Å². The van der Waals surface area contributed by atoms with Crippen LogP contribution >= 0.6 is 0 Å². The van der Waals surface area contributed by atoms with Crippen LogP contribution in [0.3, 0.4) is 0 Å². The van der Waals surface area contributed by atoms with Crippen LogP contribution in [-0.2, 0) is 22.8 Å². The fourth-order valence-corrected chi connectivity index (χ4v) is 4.31. The molecule has 1 aliphatic heterocycles. The summed E-state index contributed by atoms with van der Waals surface area (Å²) >= 11 is 0. The van der Waals surface area contributed by atoms with Crippen molar-refractivity contribution in [2.24, 2.45) is 11.7 Å². The minimum absolute atomic E-state index is 0.241. The maximum atomic E-state index is 11.4. The molecule has 0 bridgehead atoms. The molecule has 0 amide bonds. The first-order valence-corrected chi connectivity index (χ1v) is 8.33. The number of sulfone groups is 1. The Morgan fingerprint density at radius 3 is 2.94 bits per heavy atom. The second kappa shape index (κ2) is 5.84. The van der Waals surface area contributed by atoms with Crippen LogP contribution in [0, 0.1) is 5.92 Å². The molecule has 1 aliphatic rings. The smallest absolute Gasteiger partial charge is 0.150 e. The van der Waals surface area contributed by atoms with Gasteiger partial charge in [0.15, 0.2) is 9.84 Å². The van der Waals surface area contributed by atoms with E-state index in [1.807, 2.05) is 6.20 Å². The molecular formula is C12H21N3O2S. The monoisotopic (exact) mass is 271 g/mol. The van der Waals surface area contributed by atoms with Gasteiger partial charge in [-0.25, -0.2) is 13.4 Å². The summed E-state index contributed by atoms with van der Waals surface area (Å²) in [6, 6.07) is 0. The molecule has 6 heteroatoms. The average molecular weight is 271 g/mol. The molecular weight excluding hydrogens is 250 g/mol. The van der Waals surface area contributed by atoms with Crippen molar-refractivity contribution >= 4 is 9.84 Å². The number of imidazole rings is 1. The Balaban J connectivity index is 1.91. The van der Waals surface area contributed by atoms with Gasteiger partial charge in [-0.3, -0.25) is 0 Å². The van der Waals surface area contributed by atoms with Gasteiger partial charge in [-0.15, -0.1) is 0 Å². The highest BCUT2D eigenvalue weighted by Crippen LogP contribution is 2.22. The SMILES string of the molecule is NCCCCn1ccnc1CC1CCS(=O)(=O)C1. The van der Waals surface area contributed by atoms with Gasteiger partial charge < -0.3 is 10.3 Å². The first-order valence-electron chi connectivity index (χ1n) is 6.51. The van der Waals surface area contributed by atoms with Gasteiger partial charge >= 0.3 is 0 Å². The van der Waals surface area contributed by atoms with Crippen molar-refractivity contribution in [2.45, 2.75) is 32.2 Å². The second-order valence-corrected chi connectivity index (χ2v) is 7.23. The first-order chi connectivity index (χ1) is 8.61. The maximum Gasteiger partial charge on any atom is 0.150 e. The van der Waals surface area contributed by atoms with E-state index in [0.717, 1.165) is 38.1 Å². The lowest BCUT2D eigenvalue weighted by atomic mass is 10.1. The summed E-state index contributed by atoms with van der Waals surface area (Å²) in [6.45, 7) is 1.64. The van der Waals surface area contributed by atoms with Crippen LogP contribution in [0.4, 0.5) is 0 Å². The molecule has 2 heterocycles. The van der Waals surface area contributed by atoms with E-state index in [1.54, 1.807) is 6.20 Å². The van der Waals surface area contributed by atoms with Gasteiger partial charge in [0.1, 0.15) is 5.82 Å². The van der Waals surface area contributed by atoms with Crippen molar-refractivity contribution in [3.8, 4) is 0 Å². The normalized spacial score (nSPS) is 22.4. The van der Waals surface area contributed by atoms with Crippen LogP contribution in [0.15, 0.2) is 12.4 Å². The topological polar surface area (TPSA) is 78.0 Å². The highest BCUT2D eigenvalue weighted by Gasteiger charge is 2.28. The van der Waals surface area contributed by atoms with Crippen molar-refractivity contribution < 1.29 is 8.42 Å². The molecule has 0 saturated carbocycles. The summed E-state index contributed by atoms with van der Waals surface area (Å²) in [5.41, 5.74) is 5.48. The standard InChI is InChI=1S/C12H21N3O2S/c13-4-1-2-6-15-7-5-14-12(15)9-11-3-8-18(16,17)10-11/h5,7,11H,1-4,6,8-10,13H2. The van der Waals surface area contributed by atoms with Gasteiger partial charge in [-0.1, -0.05) is 0 Å². The molecule has 2 rings (SSSR count). The number of hydrogen-bond acceptors (Lipinski definition) is 4. The minimum atomic E-state index is -2.79. The number of aryl methyl sites for hydroxylation is 1. The highest BCUT2D eigenvalue weighted by molar-refractivity contribution is 7.91. The number of hydrogen-bond donors (Lipinski definition) is 1. The summed E-state index contributed by atoms with van der Waals surface area (Å²) < 4.78 is 25.0. The summed E-state index contributed by atoms with van der Waals surface area (Å²) in [5.74, 6) is 1.91. The van der Waals surface area contributed by atoms with Gasteiger partial charge in [0.05, 0.1) is 11.5 Å². The van der Waals surface area contributed by atoms with Crippen LogP contribution in [0.25, 0.3) is 0 Å². The van der Waals surface area contributed by atoms with Crippen molar-refractivity contribution in [2.75, 3.05) is 18.1 Å². The summed E-state index contributed by atoms with van der Waals surface area (Å²) in [4.78, 5) is 4.34. The lowest BCUT2D eigenvalue weighted by Gasteiger charge is -2.10. The lowest BCUT2D eigenvalue weighted by molar-refractivity contribution is 0.527. The fourth-order valence-electron chi connectivity index (χ4n) is 2.45. The molecule has 0 radical (unpaired) electrons. The largest absolute Gasteiger partial charge is 0.335 e. The van der Waals surface area contributed by atoms with Crippen molar-refractivity contribution in [3.05, 3.63) is 18.2 Å². The third-order valence-electron chi connectivity index (χ3n) is 3.45. The number of nitrogens with two attached hydrogens (primary N) is 1. The van der Waals surface area contributed by atoms with E-state index in [2.05, 4.69) is 9.55 Å². The van der Waals surface area contributed by atoms with E-state index in [9.17, 15) is 8.42 Å². The Kier molecular flexibility index (Phi) is 4.40. The van der Waals surface area contributed by atoms with Gasteiger partial charge in [-0.05, 0) is 31.7 Å². The van der Waals surface area contributed by atoms with E-state index < -0.39 is 9.84 Å². The number of aromatic nitrogens is 2. The van der Waals surface area contributed by atoms with Crippen molar-refractivity contribution in [3.63, 3.8) is 0 Å². The third kappa shape index (κ3) is 3.55. The Labute approximate surface area is 108 Å². The zero-order valence-electron chi connectivity index (χ0n) is 10.6. The lowest BCUT2D eigenvalue weighted by Crippen LogP contribution is -2.12. The van der Waals surface area contributed by atoms with E-state index in [-0.39, 0.29) is 5.92 Å². The number of unbranched alkanes of at least 4 members (excludes halogenated alkanes) is 1. The van der Waals surface area contributed by atoms with Crippen LogP contribution in [-0.4, -0.2) is 36.0 Å². The zero-order valence-corrected chi connectivity index (χ0v) is 11.4. The average Bonchev–Trinajstić information content (AvgIpc) is 2.87. The number of nitrogens with zero attached hydrogens (tertiary/aromatic N) is 2. The van der Waals surface area contributed by atoms with Gasteiger partial charge in [0, 0.05) is 25.4 Å². The second-order valence-electron chi connectivity index (χ2n) is 5.01. The molecule has 1 saturated heterocycles. The third-order valence-corrected chi connectivity index (χ3v) is 5.29. The molecule has 0 aromatic carbocycles. The van der Waals surface area contributed by atoms with Gasteiger partial charge in [-0.2, -0.15) is 0 Å². The summed E-state index contributed by atoms with van der Waals surface area (Å²) in [7, 11) is -2.79. The van der Waals surface area contributed by atoms with E-state index in [0.29, 0.717) is 18.1 Å². The van der Waals surface area contributed by atoms with Gasteiger partial charge in [0.25, 0.3) is 0 Å². The summed E-state index contributed by atoms with van der Waals surface area (Å²) in [6.07, 6.45) is 7.36. The van der Waals surface area contributed by atoms with E-state index in [4.69, 9.17) is 5.73 Å². The predicted molar refractivity (Wildman–Crippen MR) is 71.0 cm³/mol.